The first-order valence-corrected chi connectivity index (χ1v) is 10.2. The molecule has 160 valence electrons. The summed E-state index contributed by atoms with van der Waals surface area (Å²) in [4.78, 5) is 7.71. The number of benzene rings is 2. The summed E-state index contributed by atoms with van der Waals surface area (Å²) in [6.07, 6.45) is 1.50. The van der Waals surface area contributed by atoms with Crippen molar-refractivity contribution in [1.29, 1.82) is 0 Å². The number of oxime groups is 1. The van der Waals surface area contributed by atoms with Crippen molar-refractivity contribution < 1.29 is 19.1 Å². The molecule has 0 amide bonds. The molecule has 0 radical (unpaired) electrons. The van der Waals surface area contributed by atoms with E-state index in [0.717, 1.165) is 16.8 Å². The summed E-state index contributed by atoms with van der Waals surface area (Å²) in [6.45, 7) is 5.71. The van der Waals surface area contributed by atoms with Crippen LogP contribution in [0.1, 0.15) is 17.5 Å². The third-order valence-corrected chi connectivity index (χ3v) is 4.96. The van der Waals surface area contributed by atoms with E-state index >= 15 is 0 Å². The Balaban J connectivity index is 1.60. The van der Waals surface area contributed by atoms with Gasteiger partial charge in [-0.05, 0) is 35.4 Å². The van der Waals surface area contributed by atoms with Crippen LogP contribution in [0.25, 0.3) is 0 Å². The van der Waals surface area contributed by atoms with Gasteiger partial charge in [-0.2, -0.15) is 0 Å². The van der Waals surface area contributed by atoms with Crippen molar-refractivity contribution in [1.82, 2.24) is 4.90 Å². The smallest absolute Gasteiger partial charge is 0.145 e. The molecule has 0 aromatic heterocycles. The molecular formula is C23H26ClFN2O3. The normalized spacial score (nSPS) is 16.9. The van der Waals surface area contributed by atoms with Crippen molar-refractivity contribution in [2.45, 2.75) is 25.2 Å². The maximum atomic E-state index is 13.2. The molecule has 0 saturated carbocycles. The van der Waals surface area contributed by atoms with Crippen molar-refractivity contribution >= 4 is 17.3 Å². The lowest BCUT2D eigenvalue weighted by Gasteiger charge is -2.27. The third-order valence-electron chi connectivity index (χ3n) is 4.71. The number of nitrogens with zero attached hydrogens (tertiary/aromatic N) is 2. The highest BCUT2D eigenvalue weighted by Gasteiger charge is 2.25. The van der Waals surface area contributed by atoms with Crippen LogP contribution in [0.15, 0.2) is 66.3 Å². The molecule has 5 nitrogen and oxygen atoms in total. The lowest BCUT2D eigenvalue weighted by molar-refractivity contribution is 0.00335. The number of ether oxygens (including phenoxy) is 1. The van der Waals surface area contributed by atoms with Crippen molar-refractivity contribution in [3.8, 4) is 0 Å². The van der Waals surface area contributed by atoms with E-state index in [2.05, 4.69) is 16.6 Å². The number of hydrogen-bond donors (Lipinski definition) is 1. The number of aliphatic hydroxyl groups is 1. The number of halogens is 2. The van der Waals surface area contributed by atoms with Gasteiger partial charge in [-0.3, -0.25) is 4.90 Å². The Morgan fingerprint density at radius 1 is 1.27 bits per heavy atom. The van der Waals surface area contributed by atoms with E-state index in [0.29, 0.717) is 37.7 Å². The summed E-state index contributed by atoms with van der Waals surface area (Å²) in [5.41, 5.74) is 2.80. The van der Waals surface area contributed by atoms with Gasteiger partial charge in [0.2, 0.25) is 0 Å². The van der Waals surface area contributed by atoms with Crippen molar-refractivity contribution in [2.75, 3.05) is 26.3 Å². The van der Waals surface area contributed by atoms with E-state index in [4.69, 9.17) is 21.2 Å². The van der Waals surface area contributed by atoms with Gasteiger partial charge < -0.3 is 14.7 Å². The summed E-state index contributed by atoms with van der Waals surface area (Å²) in [6, 6.07) is 13.9. The fourth-order valence-electron chi connectivity index (χ4n) is 3.32. The van der Waals surface area contributed by atoms with Gasteiger partial charge in [0, 0.05) is 31.1 Å². The minimum Gasteiger partial charge on any atom is -0.390 e. The lowest BCUT2D eigenvalue weighted by atomic mass is 10.0. The molecule has 0 aliphatic carbocycles. The predicted octanol–water partition coefficient (Wildman–Crippen LogP) is 4.04. The molecule has 0 fully saturated rings. The van der Waals surface area contributed by atoms with Crippen LogP contribution in [0.4, 0.5) is 4.39 Å². The van der Waals surface area contributed by atoms with Gasteiger partial charge in [-0.1, -0.05) is 47.1 Å². The van der Waals surface area contributed by atoms with Crippen LogP contribution in [0.3, 0.4) is 0 Å². The second kappa shape index (κ2) is 11.2. The maximum Gasteiger partial charge on any atom is 0.145 e. The molecule has 1 aliphatic rings. The summed E-state index contributed by atoms with van der Waals surface area (Å²) >= 11 is 5.96. The number of aliphatic hydroxyl groups excluding tert-OH is 1. The van der Waals surface area contributed by atoms with Crippen molar-refractivity contribution in [2.24, 2.45) is 5.16 Å². The topological polar surface area (TPSA) is 54.3 Å². The molecule has 1 heterocycles. The van der Waals surface area contributed by atoms with Crippen LogP contribution < -0.4 is 0 Å². The van der Waals surface area contributed by atoms with E-state index in [1.54, 1.807) is 18.2 Å². The molecule has 1 N–H and O–H groups in total. The van der Waals surface area contributed by atoms with Gasteiger partial charge in [-0.15, -0.1) is 6.58 Å². The van der Waals surface area contributed by atoms with Crippen LogP contribution in [0, 0.1) is 5.82 Å². The summed E-state index contributed by atoms with van der Waals surface area (Å²) in [5.74, 6) is -0.275. The van der Waals surface area contributed by atoms with Gasteiger partial charge in [0.05, 0.1) is 25.0 Å². The average Bonchev–Trinajstić information content (AvgIpc) is 3.19. The van der Waals surface area contributed by atoms with Crippen molar-refractivity contribution in [3.05, 3.63) is 83.2 Å². The predicted molar refractivity (Wildman–Crippen MR) is 116 cm³/mol. The average molecular weight is 433 g/mol. The van der Waals surface area contributed by atoms with E-state index in [1.807, 2.05) is 24.3 Å². The Hall–Kier alpha value is -2.25. The first-order valence-electron chi connectivity index (χ1n) is 9.85. The Morgan fingerprint density at radius 3 is 2.70 bits per heavy atom. The van der Waals surface area contributed by atoms with E-state index in [1.165, 1.54) is 12.1 Å². The molecule has 1 aliphatic heterocycles. The van der Waals surface area contributed by atoms with Gasteiger partial charge in [0.1, 0.15) is 11.9 Å². The molecule has 2 aromatic rings. The summed E-state index contributed by atoms with van der Waals surface area (Å²) in [7, 11) is 0. The molecule has 0 spiro atoms. The van der Waals surface area contributed by atoms with Crippen LogP contribution in [-0.2, 0) is 16.1 Å². The van der Waals surface area contributed by atoms with Gasteiger partial charge >= 0.3 is 0 Å². The van der Waals surface area contributed by atoms with Crippen molar-refractivity contribution in [3.63, 3.8) is 0 Å². The number of rotatable bonds is 11. The highest BCUT2D eigenvalue weighted by molar-refractivity contribution is 6.30. The molecule has 0 saturated heterocycles. The highest BCUT2D eigenvalue weighted by Crippen LogP contribution is 2.20. The highest BCUT2D eigenvalue weighted by atomic mass is 35.5. The minimum atomic E-state index is -0.663. The van der Waals surface area contributed by atoms with Gasteiger partial charge in [0.25, 0.3) is 0 Å². The summed E-state index contributed by atoms with van der Waals surface area (Å²) in [5, 5.41) is 15.3. The molecule has 3 rings (SSSR count). The van der Waals surface area contributed by atoms with E-state index in [9.17, 15) is 9.50 Å². The van der Waals surface area contributed by atoms with Crippen LogP contribution in [0.2, 0.25) is 5.02 Å². The zero-order valence-electron chi connectivity index (χ0n) is 16.7. The monoisotopic (exact) mass is 432 g/mol. The summed E-state index contributed by atoms with van der Waals surface area (Å²) < 4.78 is 18.6. The zero-order valence-corrected chi connectivity index (χ0v) is 17.5. The molecule has 0 bridgehead atoms. The second-order valence-corrected chi connectivity index (χ2v) is 7.71. The molecule has 2 atom stereocenters. The standard InChI is InChI=1S/C23H26ClFN2O3/c1-2-11-29-16-21(28)14-27(13-17-3-9-20(25)10-4-17)15-22-12-23(26-30-22)18-5-7-19(24)8-6-18/h2-10,21-22,28H,1,11-16H2/t21-,22-/m1/s1. The second-order valence-electron chi connectivity index (χ2n) is 7.28. The molecule has 0 unspecified atom stereocenters. The van der Waals surface area contributed by atoms with E-state index in [-0.39, 0.29) is 18.5 Å². The zero-order chi connectivity index (χ0) is 21.3. The largest absolute Gasteiger partial charge is 0.390 e. The molecule has 30 heavy (non-hydrogen) atoms. The fourth-order valence-corrected chi connectivity index (χ4v) is 3.44. The number of hydrogen-bond acceptors (Lipinski definition) is 5. The molecule has 7 heteroatoms. The lowest BCUT2D eigenvalue weighted by Crippen LogP contribution is -2.39. The molecule has 2 aromatic carbocycles. The van der Waals surface area contributed by atoms with Crippen LogP contribution in [0.5, 0.6) is 0 Å². The Morgan fingerprint density at radius 2 is 2.00 bits per heavy atom. The maximum absolute atomic E-state index is 13.2. The quantitative estimate of drug-likeness (QED) is 0.430. The van der Waals surface area contributed by atoms with E-state index < -0.39 is 6.10 Å². The molecular weight excluding hydrogens is 407 g/mol. The first kappa shape index (κ1) is 22.4. The Kier molecular flexibility index (Phi) is 8.39. The fraction of sp³-hybridized carbons (Fsp3) is 0.348. The first-order chi connectivity index (χ1) is 14.5. The van der Waals surface area contributed by atoms with Crippen LogP contribution >= 0.6 is 11.6 Å². The minimum absolute atomic E-state index is 0.141. The Bertz CT molecular complexity index is 843. The van der Waals surface area contributed by atoms with Crippen LogP contribution in [-0.4, -0.2) is 54.2 Å². The SMILES string of the molecule is C=CCOC[C@H](O)CN(Cc1ccc(F)cc1)C[C@H]1CC(c2ccc(Cl)cc2)=NO1. The van der Waals surface area contributed by atoms with Gasteiger partial charge in [-0.25, -0.2) is 4.39 Å². The third kappa shape index (κ3) is 6.92. The van der Waals surface area contributed by atoms with Gasteiger partial charge in [0.15, 0.2) is 0 Å². The Labute approximate surface area is 181 Å².